The van der Waals surface area contributed by atoms with E-state index in [1.165, 1.54) is 4.90 Å². The minimum absolute atomic E-state index is 0.00685. The molecular weight excluding hydrogens is 214 g/mol. The predicted octanol–water partition coefficient (Wildman–Crippen LogP) is 2.67. The van der Waals surface area contributed by atoms with Gasteiger partial charge in [-0.3, -0.25) is 4.79 Å². The van der Waals surface area contributed by atoms with Crippen LogP contribution in [0.3, 0.4) is 0 Å². The number of amides is 1. The molecule has 0 saturated heterocycles. The lowest BCUT2D eigenvalue weighted by molar-refractivity contribution is 0.00371. The van der Waals surface area contributed by atoms with E-state index in [0.29, 0.717) is 11.5 Å². The summed E-state index contributed by atoms with van der Waals surface area (Å²) in [7, 11) is 0. The smallest absolute Gasteiger partial charge is 0.256 e. The van der Waals surface area contributed by atoms with E-state index < -0.39 is 6.23 Å². The van der Waals surface area contributed by atoms with Gasteiger partial charge in [-0.2, -0.15) is 0 Å². The Morgan fingerprint density at radius 3 is 2.41 bits per heavy atom. The van der Waals surface area contributed by atoms with E-state index in [9.17, 15) is 9.90 Å². The summed E-state index contributed by atoms with van der Waals surface area (Å²) < 4.78 is 0. The highest BCUT2D eigenvalue weighted by Gasteiger charge is 2.37. The number of hydrogen-bond donors (Lipinski definition) is 1. The van der Waals surface area contributed by atoms with Gasteiger partial charge in [0.15, 0.2) is 6.23 Å². The van der Waals surface area contributed by atoms with Gasteiger partial charge in [0, 0.05) is 17.2 Å². The van der Waals surface area contributed by atoms with Crippen molar-refractivity contribution >= 4 is 5.91 Å². The van der Waals surface area contributed by atoms with Gasteiger partial charge < -0.3 is 10.0 Å². The van der Waals surface area contributed by atoms with Crippen LogP contribution in [-0.4, -0.2) is 22.0 Å². The monoisotopic (exact) mass is 233 g/mol. The minimum atomic E-state index is -0.793. The number of fused-ring (bicyclic) bond motifs is 1. The lowest BCUT2D eigenvalue weighted by atomic mass is 9.98. The van der Waals surface area contributed by atoms with Crippen molar-refractivity contribution in [3.05, 3.63) is 34.9 Å². The molecule has 1 aromatic carbocycles. The molecule has 1 amide bonds. The SMILES string of the molecule is CC(C)c1ccc2c(c1)C(=O)N(C(C)C)C2O. The van der Waals surface area contributed by atoms with Crippen LogP contribution in [0.25, 0.3) is 0 Å². The van der Waals surface area contributed by atoms with Crippen LogP contribution in [0.5, 0.6) is 0 Å². The van der Waals surface area contributed by atoms with Gasteiger partial charge in [-0.25, -0.2) is 0 Å². The highest BCUT2D eigenvalue weighted by molar-refractivity contribution is 5.99. The molecule has 1 unspecified atom stereocenters. The number of carbonyl (C=O) groups excluding carboxylic acids is 1. The lowest BCUT2D eigenvalue weighted by Crippen LogP contribution is -2.34. The van der Waals surface area contributed by atoms with E-state index in [1.54, 1.807) is 0 Å². The molecule has 92 valence electrons. The summed E-state index contributed by atoms with van der Waals surface area (Å²) in [4.78, 5) is 13.7. The Labute approximate surface area is 102 Å². The number of nitrogens with zero attached hydrogens (tertiary/aromatic N) is 1. The summed E-state index contributed by atoms with van der Waals surface area (Å²) in [6.07, 6.45) is -0.793. The molecule has 0 aliphatic carbocycles. The number of hydrogen-bond acceptors (Lipinski definition) is 2. The Balaban J connectivity index is 2.47. The van der Waals surface area contributed by atoms with E-state index in [1.807, 2.05) is 32.0 Å². The van der Waals surface area contributed by atoms with Crippen LogP contribution >= 0.6 is 0 Å². The maximum absolute atomic E-state index is 12.2. The van der Waals surface area contributed by atoms with Gasteiger partial charge in [-0.15, -0.1) is 0 Å². The molecule has 0 bridgehead atoms. The van der Waals surface area contributed by atoms with Crippen LogP contribution < -0.4 is 0 Å². The molecule has 0 spiro atoms. The fourth-order valence-electron chi connectivity index (χ4n) is 2.26. The van der Waals surface area contributed by atoms with E-state index >= 15 is 0 Å². The molecule has 1 heterocycles. The second-order valence-electron chi connectivity index (χ2n) is 5.18. The van der Waals surface area contributed by atoms with E-state index in [-0.39, 0.29) is 11.9 Å². The average Bonchev–Trinajstić information content (AvgIpc) is 2.51. The molecule has 0 radical (unpaired) electrons. The maximum atomic E-state index is 12.2. The molecule has 1 aliphatic heterocycles. The van der Waals surface area contributed by atoms with Crippen molar-refractivity contribution in [3.63, 3.8) is 0 Å². The fraction of sp³-hybridized carbons (Fsp3) is 0.500. The zero-order valence-corrected chi connectivity index (χ0v) is 10.8. The summed E-state index contributed by atoms with van der Waals surface area (Å²) in [5.41, 5.74) is 2.51. The molecule has 1 aliphatic rings. The Morgan fingerprint density at radius 1 is 1.24 bits per heavy atom. The molecule has 0 saturated carbocycles. The molecule has 2 rings (SSSR count). The van der Waals surface area contributed by atoms with Crippen LogP contribution in [-0.2, 0) is 0 Å². The highest BCUT2D eigenvalue weighted by Crippen LogP contribution is 2.34. The van der Waals surface area contributed by atoms with Gasteiger partial charge in [0.25, 0.3) is 5.91 Å². The molecule has 1 N–H and O–H groups in total. The third-order valence-electron chi connectivity index (χ3n) is 3.31. The zero-order valence-electron chi connectivity index (χ0n) is 10.8. The minimum Gasteiger partial charge on any atom is -0.369 e. The van der Waals surface area contributed by atoms with Gasteiger partial charge in [0.1, 0.15) is 0 Å². The molecular formula is C14H19NO2. The molecule has 1 aromatic rings. The fourth-order valence-corrected chi connectivity index (χ4v) is 2.26. The van der Waals surface area contributed by atoms with Crippen LogP contribution in [0.2, 0.25) is 0 Å². The van der Waals surface area contributed by atoms with Crippen molar-refractivity contribution in [3.8, 4) is 0 Å². The molecule has 3 heteroatoms. The van der Waals surface area contributed by atoms with E-state index in [4.69, 9.17) is 0 Å². The summed E-state index contributed by atoms with van der Waals surface area (Å²) in [5.74, 6) is 0.323. The molecule has 0 aromatic heterocycles. The summed E-state index contributed by atoms with van der Waals surface area (Å²) in [5, 5.41) is 10.1. The summed E-state index contributed by atoms with van der Waals surface area (Å²) in [6.45, 7) is 8.02. The highest BCUT2D eigenvalue weighted by atomic mass is 16.3. The van der Waals surface area contributed by atoms with Gasteiger partial charge in [0.2, 0.25) is 0 Å². The van der Waals surface area contributed by atoms with Crippen molar-refractivity contribution in [2.45, 2.75) is 45.9 Å². The number of carbonyl (C=O) groups is 1. The second-order valence-corrected chi connectivity index (χ2v) is 5.18. The Bertz CT molecular complexity index is 452. The number of aliphatic hydroxyl groups is 1. The predicted molar refractivity (Wildman–Crippen MR) is 66.8 cm³/mol. The van der Waals surface area contributed by atoms with Gasteiger partial charge in [-0.1, -0.05) is 26.0 Å². The standard InChI is InChI=1S/C14H19NO2/c1-8(2)10-5-6-11-12(7-10)14(17)15(9(3)4)13(11)16/h5-9,13,16H,1-4H3. The molecule has 0 fully saturated rings. The Hall–Kier alpha value is -1.35. The van der Waals surface area contributed by atoms with Crippen LogP contribution in [0.1, 0.15) is 61.3 Å². The van der Waals surface area contributed by atoms with Crippen LogP contribution in [0.4, 0.5) is 0 Å². The first-order valence-corrected chi connectivity index (χ1v) is 6.08. The summed E-state index contributed by atoms with van der Waals surface area (Å²) in [6, 6.07) is 5.78. The van der Waals surface area contributed by atoms with Crippen molar-refractivity contribution in [1.29, 1.82) is 0 Å². The van der Waals surface area contributed by atoms with Crippen molar-refractivity contribution in [1.82, 2.24) is 4.90 Å². The van der Waals surface area contributed by atoms with Crippen molar-refractivity contribution in [2.75, 3.05) is 0 Å². The normalized spacial score (nSPS) is 19.4. The third-order valence-corrected chi connectivity index (χ3v) is 3.31. The van der Waals surface area contributed by atoms with E-state index in [0.717, 1.165) is 11.1 Å². The first-order valence-electron chi connectivity index (χ1n) is 6.08. The first-order chi connectivity index (χ1) is 7.93. The summed E-state index contributed by atoms with van der Waals surface area (Å²) >= 11 is 0. The lowest BCUT2D eigenvalue weighted by Gasteiger charge is -2.24. The quantitative estimate of drug-likeness (QED) is 0.853. The first kappa shape index (κ1) is 12.1. The van der Waals surface area contributed by atoms with Gasteiger partial charge in [-0.05, 0) is 31.4 Å². The largest absolute Gasteiger partial charge is 0.369 e. The topological polar surface area (TPSA) is 40.5 Å². The van der Waals surface area contributed by atoms with Crippen LogP contribution in [0.15, 0.2) is 18.2 Å². The number of benzene rings is 1. The Kier molecular flexibility index (Phi) is 2.96. The molecule has 17 heavy (non-hydrogen) atoms. The second kappa shape index (κ2) is 4.15. The molecule has 1 atom stereocenters. The molecule has 3 nitrogen and oxygen atoms in total. The zero-order chi connectivity index (χ0) is 12.7. The van der Waals surface area contributed by atoms with Crippen molar-refractivity contribution < 1.29 is 9.90 Å². The number of rotatable bonds is 2. The van der Waals surface area contributed by atoms with Crippen molar-refractivity contribution in [2.24, 2.45) is 0 Å². The van der Waals surface area contributed by atoms with Crippen LogP contribution in [0, 0.1) is 0 Å². The van der Waals surface area contributed by atoms with Gasteiger partial charge >= 0.3 is 0 Å². The average molecular weight is 233 g/mol. The number of aliphatic hydroxyl groups excluding tert-OH is 1. The van der Waals surface area contributed by atoms with Gasteiger partial charge in [0.05, 0.1) is 0 Å². The Morgan fingerprint density at radius 2 is 1.88 bits per heavy atom. The van der Waals surface area contributed by atoms with E-state index in [2.05, 4.69) is 13.8 Å². The third kappa shape index (κ3) is 1.84. The maximum Gasteiger partial charge on any atom is 0.256 e.